The van der Waals surface area contributed by atoms with E-state index in [2.05, 4.69) is 62.5 Å². The molecule has 3 heteroatoms. The van der Waals surface area contributed by atoms with Gasteiger partial charge in [-0.05, 0) is 55.3 Å². The monoisotopic (exact) mass is 319 g/mol. The van der Waals surface area contributed by atoms with Crippen LogP contribution in [0, 0.1) is 6.92 Å². The second-order valence-electron chi connectivity index (χ2n) is 5.23. The van der Waals surface area contributed by atoms with Crippen LogP contribution in [0.5, 0.6) is 0 Å². The minimum Gasteiger partial charge on any atom is -0.310 e. The molecule has 0 aliphatic carbocycles. The lowest BCUT2D eigenvalue weighted by Gasteiger charge is -2.13. The summed E-state index contributed by atoms with van der Waals surface area (Å²) < 4.78 is 0. The maximum Gasteiger partial charge on any atom is 0.0449 e. The van der Waals surface area contributed by atoms with Gasteiger partial charge in [0.2, 0.25) is 0 Å². The number of aryl methyl sites for hydroxylation is 1. The maximum absolute atomic E-state index is 6.28. The van der Waals surface area contributed by atoms with E-state index >= 15 is 0 Å². The van der Waals surface area contributed by atoms with E-state index < -0.39 is 0 Å². The summed E-state index contributed by atoms with van der Waals surface area (Å²) in [6.07, 6.45) is 0. The fourth-order valence-electron chi connectivity index (χ4n) is 2.21. The first-order chi connectivity index (χ1) is 10.1. The Kier molecular flexibility index (Phi) is 6.16. The molecule has 0 aromatic heterocycles. The fraction of sp³-hybridized carbons (Fsp3) is 0.333. The molecule has 1 N–H and O–H groups in total. The smallest absolute Gasteiger partial charge is 0.0449 e. The largest absolute Gasteiger partial charge is 0.310 e. The van der Waals surface area contributed by atoms with Crippen LogP contribution in [0.1, 0.15) is 36.6 Å². The Balaban J connectivity index is 1.97. The lowest BCUT2D eigenvalue weighted by atomic mass is 10.1. The zero-order valence-electron chi connectivity index (χ0n) is 12.8. The van der Waals surface area contributed by atoms with E-state index in [1.807, 2.05) is 17.8 Å². The number of benzene rings is 2. The molecule has 1 nitrogen and oxygen atoms in total. The van der Waals surface area contributed by atoms with Crippen molar-refractivity contribution in [2.24, 2.45) is 0 Å². The number of hydrogen-bond donors (Lipinski definition) is 1. The molecule has 0 heterocycles. The molecule has 0 saturated carbocycles. The van der Waals surface area contributed by atoms with Crippen molar-refractivity contribution in [2.45, 2.75) is 37.5 Å². The van der Waals surface area contributed by atoms with Crippen LogP contribution in [0.2, 0.25) is 5.02 Å². The minimum atomic E-state index is 0.403. The topological polar surface area (TPSA) is 12.0 Å². The Morgan fingerprint density at radius 1 is 1.14 bits per heavy atom. The minimum absolute atomic E-state index is 0.403. The Morgan fingerprint density at radius 2 is 1.86 bits per heavy atom. The number of hydrogen-bond acceptors (Lipinski definition) is 2. The van der Waals surface area contributed by atoms with E-state index in [1.165, 1.54) is 21.6 Å². The summed E-state index contributed by atoms with van der Waals surface area (Å²) in [4.78, 5) is 1.28. The molecule has 21 heavy (non-hydrogen) atoms. The molecule has 1 atom stereocenters. The van der Waals surface area contributed by atoms with Gasteiger partial charge in [0.25, 0.3) is 0 Å². The highest BCUT2D eigenvalue weighted by atomic mass is 35.5. The highest BCUT2D eigenvalue weighted by Gasteiger charge is 2.05. The molecule has 0 fully saturated rings. The van der Waals surface area contributed by atoms with Crippen LogP contribution in [0.4, 0.5) is 0 Å². The average Bonchev–Trinajstić information content (AvgIpc) is 2.47. The van der Waals surface area contributed by atoms with Gasteiger partial charge in [0.1, 0.15) is 0 Å². The molecule has 1 unspecified atom stereocenters. The second-order valence-corrected chi connectivity index (χ2v) is 6.69. The zero-order chi connectivity index (χ0) is 15.2. The van der Waals surface area contributed by atoms with Gasteiger partial charge in [-0.25, -0.2) is 0 Å². The molecule has 2 rings (SSSR count). The van der Waals surface area contributed by atoms with Gasteiger partial charge in [0, 0.05) is 21.7 Å². The lowest BCUT2D eigenvalue weighted by molar-refractivity contribution is 0.598. The van der Waals surface area contributed by atoms with Crippen molar-refractivity contribution in [1.29, 1.82) is 0 Å². The van der Waals surface area contributed by atoms with E-state index in [0.29, 0.717) is 6.04 Å². The molecule has 0 amide bonds. The molecule has 0 aliphatic rings. The van der Waals surface area contributed by atoms with Gasteiger partial charge in [-0.3, -0.25) is 0 Å². The number of rotatable bonds is 6. The van der Waals surface area contributed by atoms with Crippen molar-refractivity contribution in [2.75, 3.05) is 6.54 Å². The molecular weight excluding hydrogens is 298 g/mol. The summed E-state index contributed by atoms with van der Waals surface area (Å²) >= 11 is 8.10. The van der Waals surface area contributed by atoms with Crippen LogP contribution in [0.25, 0.3) is 0 Å². The van der Waals surface area contributed by atoms with Crippen LogP contribution in [-0.2, 0) is 5.75 Å². The average molecular weight is 320 g/mol. The third-order valence-corrected chi connectivity index (χ3v) is 4.91. The SMILES string of the molecule is CCNC(C)c1ccc(SCc2ccc(C)cc2Cl)cc1. The molecule has 0 saturated heterocycles. The quantitative estimate of drug-likeness (QED) is 0.694. The van der Waals surface area contributed by atoms with Crippen LogP contribution < -0.4 is 5.32 Å². The van der Waals surface area contributed by atoms with E-state index in [9.17, 15) is 0 Å². The first kappa shape index (κ1) is 16.4. The van der Waals surface area contributed by atoms with E-state index in [-0.39, 0.29) is 0 Å². The van der Waals surface area contributed by atoms with Gasteiger partial charge in [-0.1, -0.05) is 42.8 Å². The van der Waals surface area contributed by atoms with Crippen LogP contribution >= 0.6 is 23.4 Å². The third-order valence-electron chi connectivity index (χ3n) is 3.49. The predicted octanol–water partition coefficient (Wildman–Crippen LogP) is 5.61. The second kappa shape index (κ2) is 7.88. The summed E-state index contributed by atoms with van der Waals surface area (Å²) in [7, 11) is 0. The van der Waals surface area contributed by atoms with Crippen LogP contribution in [0.15, 0.2) is 47.4 Å². The zero-order valence-corrected chi connectivity index (χ0v) is 14.4. The first-order valence-electron chi connectivity index (χ1n) is 7.31. The molecule has 0 radical (unpaired) electrons. The van der Waals surface area contributed by atoms with Gasteiger partial charge < -0.3 is 5.32 Å². The summed E-state index contributed by atoms with van der Waals surface area (Å²) in [5.74, 6) is 0.904. The Bertz CT molecular complexity index is 580. The molecule has 0 bridgehead atoms. The molecule has 2 aromatic carbocycles. The van der Waals surface area contributed by atoms with Crippen LogP contribution in [0.3, 0.4) is 0 Å². The summed E-state index contributed by atoms with van der Waals surface area (Å²) in [6, 6.07) is 15.4. The van der Waals surface area contributed by atoms with Gasteiger partial charge in [-0.15, -0.1) is 11.8 Å². The molecular formula is C18H22ClNS. The molecule has 2 aromatic rings. The summed E-state index contributed by atoms with van der Waals surface area (Å²) in [6.45, 7) is 7.38. The van der Waals surface area contributed by atoms with Gasteiger partial charge in [0.15, 0.2) is 0 Å². The van der Waals surface area contributed by atoms with Gasteiger partial charge in [0.05, 0.1) is 0 Å². The molecule has 112 valence electrons. The Labute approximate surface area is 137 Å². The van der Waals surface area contributed by atoms with Crippen molar-refractivity contribution in [3.63, 3.8) is 0 Å². The summed E-state index contributed by atoms with van der Waals surface area (Å²) in [5, 5.41) is 4.29. The van der Waals surface area contributed by atoms with E-state index in [1.54, 1.807) is 0 Å². The first-order valence-corrected chi connectivity index (χ1v) is 8.67. The molecule has 0 spiro atoms. The fourth-order valence-corrected chi connectivity index (χ4v) is 3.49. The van der Waals surface area contributed by atoms with Crippen molar-refractivity contribution >= 4 is 23.4 Å². The lowest BCUT2D eigenvalue weighted by Crippen LogP contribution is -2.17. The van der Waals surface area contributed by atoms with E-state index in [0.717, 1.165) is 17.3 Å². The van der Waals surface area contributed by atoms with E-state index in [4.69, 9.17) is 11.6 Å². The normalized spacial score (nSPS) is 12.4. The number of halogens is 1. The van der Waals surface area contributed by atoms with Crippen molar-refractivity contribution < 1.29 is 0 Å². The molecule has 0 aliphatic heterocycles. The Hall–Kier alpha value is -0.960. The summed E-state index contributed by atoms with van der Waals surface area (Å²) in [5.41, 5.74) is 3.72. The number of nitrogens with one attached hydrogen (secondary N) is 1. The number of thioether (sulfide) groups is 1. The maximum atomic E-state index is 6.28. The Morgan fingerprint density at radius 3 is 2.48 bits per heavy atom. The highest BCUT2D eigenvalue weighted by molar-refractivity contribution is 7.98. The van der Waals surface area contributed by atoms with Crippen molar-refractivity contribution in [3.05, 3.63) is 64.2 Å². The highest BCUT2D eigenvalue weighted by Crippen LogP contribution is 2.28. The van der Waals surface area contributed by atoms with Crippen molar-refractivity contribution in [3.8, 4) is 0 Å². The standard InChI is InChI=1S/C18H22ClNS/c1-4-20-14(3)15-7-9-17(10-8-15)21-12-16-6-5-13(2)11-18(16)19/h5-11,14,20H,4,12H2,1-3H3. The van der Waals surface area contributed by atoms with Gasteiger partial charge >= 0.3 is 0 Å². The van der Waals surface area contributed by atoms with Crippen molar-refractivity contribution in [1.82, 2.24) is 5.32 Å². The van der Waals surface area contributed by atoms with Gasteiger partial charge in [-0.2, -0.15) is 0 Å². The third kappa shape index (κ3) is 4.77. The predicted molar refractivity (Wildman–Crippen MR) is 94.3 cm³/mol. The van der Waals surface area contributed by atoms with Crippen LogP contribution in [-0.4, -0.2) is 6.54 Å².